The van der Waals surface area contributed by atoms with Crippen molar-refractivity contribution in [2.75, 3.05) is 20.2 Å². The third-order valence-corrected chi connectivity index (χ3v) is 4.45. The Morgan fingerprint density at radius 2 is 2.29 bits per heavy atom. The number of ketones is 1. The molecule has 1 aliphatic heterocycles. The summed E-state index contributed by atoms with van der Waals surface area (Å²) in [5.41, 5.74) is 2.34. The number of methoxy groups -OCH3 is 1. The summed E-state index contributed by atoms with van der Waals surface area (Å²) >= 11 is 0. The predicted octanol–water partition coefficient (Wildman–Crippen LogP) is 2.96. The Hall–Kier alpha value is -2.21. The number of nitrogens with zero attached hydrogens (tertiary/aromatic N) is 2. The minimum atomic E-state index is -0.418. The van der Waals surface area contributed by atoms with Crippen molar-refractivity contribution in [1.82, 2.24) is 15.1 Å². The highest BCUT2D eigenvalue weighted by Gasteiger charge is 2.28. The Morgan fingerprint density at radius 1 is 1.46 bits per heavy atom. The molecular weight excluding hydrogens is 309 g/mol. The summed E-state index contributed by atoms with van der Waals surface area (Å²) < 4.78 is 18.8. The zero-order chi connectivity index (χ0) is 17.1. The predicted molar refractivity (Wildman–Crippen MR) is 88.6 cm³/mol. The van der Waals surface area contributed by atoms with E-state index in [0.717, 1.165) is 30.8 Å². The average molecular weight is 331 g/mol. The second-order valence-corrected chi connectivity index (χ2v) is 6.33. The molecule has 1 unspecified atom stereocenters. The smallest absolute Gasteiger partial charge is 0.171 e. The van der Waals surface area contributed by atoms with Gasteiger partial charge < -0.3 is 4.74 Å². The lowest BCUT2D eigenvalue weighted by Crippen LogP contribution is -2.38. The van der Waals surface area contributed by atoms with Gasteiger partial charge in [0.2, 0.25) is 0 Å². The van der Waals surface area contributed by atoms with Crippen LogP contribution in [0.3, 0.4) is 0 Å². The van der Waals surface area contributed by atoms with Crippen LogP contribution in [0.5, 0.6) is 5.75 Å². The van der Waals surface area contributed by atoms with Gasteiger partial charge in [-0.25, -0.2) is 4.39 Å². The Morgan fingerprint density at radius 3 is 3.00 bits per heavy atom. The molecule has 1 atom stereocenters. The molecule has 0 saturated carbocycles. The minimum absolute atomic E-state index is 0.0470. The summed E-state index contributed by atoms with van der Waals surface area (Å²) in [5, 5.41) is 7.19. The number of Topliss-reactive ketones (excluding diaryl/α,β-unsaturated/α-hetero) is 1. The molecule has 3 rings (SSSR count). The summed E-state index contributed by atoms with van der Waals surface area (Å²) in [6.07, 6.45) is 1.76. The number of carbonyl (C=O) groups excluding carboxylic acids is 1. The third kappa shape index (κ3) is 3.64. The molecule has 0 bridgehead atoms. The lowest BCUT2D eigenvalue weighted by molar-refractivity contribution is 0.0806. The number of H-pyrrole nitrogens is 1. The summed E-state index contributed by atoms with van der Waals surface area (Å²) in [6, 6.07) is 6.11. The van der Waals surface area contributed by atoms with Crippen molar-refractivity contribution in [3.8, 4) is 5.75 Å². The van der Waals surface area contributed by atoms with Crippen molar-refractivity contribution in [2.45, 2.75) is 26.3 Å². The van der Waals surface area contributed by atoms with Gasteiger partial charge in [0.25, 0.3) is 0 Å². The molecule has 1 N–H and O–H groups in total. The van der Waals surface area contributed by atoms with Gasteiger partial charge in [0.05, 0.1) is 18.4 Å². The molecule has 2 aromatic rings. The van der Waals surface area contributed by atoms with Crippen LogP contribution in [-0.2, 0) is 6.54 Å². The van der Waals surface area contributed by atoms with Gasteiger partial charge in [0, 0.05) is 24.7 Å². The largest absolute Gasteiger partial charge is 0.496 e. The number of aromatic amines is 1. The maximum Gasteiger partial charge on any atom is 0.171 e. The second kappa shape index (κ2) is 7.13. The standard InChI is InChI=1S/C18H22FN3O2/c1-12-8-15(21-20-12)11-22-7-3-4-13(10-22)18(23)16-9-14(19)5-6-17(16)24-2/h5-6,8-9,13H,3-4,7,10-11H2,1-2H3,(H,20,21). The van der Waals surface area contributed by atoms with Crippen LogP contribution in [0.1, 0.15) is 34.6 Å². The fourth-order valence-electron chi connectivity index (χ4n) is 3.29. The van der Waals surface area contributed by atoms with Gasteiger partial charge >= 0.3 is 0 Å². The van der Waals surface area contributed by atoms with Crippen molar-refractivity contribution in [3.63, 3.8) is 0 Å². The van der Waals surface area contributed by atoms with Gasteiger partial charge in [0.15, 0.2) is 5.78 Å². The molecule has 0 aliphatic carbocycles. The summed E-state index contributed by atoms with van der Waals surface area (Å²) in [6.45, 7) is 4.28. The van der Waals surface area contributed by atoms with Crippen LogP contribution in [-0.4, -0.2) is 41.1 Å². The average Bonchev–Trinajstić information content (AvgIpc) is 2.99. The molecular formula is C18H22FN3O2. The maximum absolute atomic E-state index is 13.5. The van der Waals surface area contributed by atoms with Crippen molar-refractivity contribution < 1.29 is 13.9 Å². The highest BCUT2D eigenvalue weighted by atomic mass is 19.1. The number of likely N-dealkylation sites (tertiary alicyclic amines) is 1. The van der Waals surface area contributed by atoms with Crippen molar-refractivity contribution >= 4 is 5.78 Å². The Balaban J connectivity index is 1.72. The molecule has 2 heterocycles. The van der Waals surface area contributed by atoms with Crippen LogP contribution in [0, 0.1) is 18.7 Å². The summed E-state index contributed by atoms with van der Waals surface area (Å²) in [5.74, 6) is -0.177. The molecule has 128 valence electrons. The first-order valence-electron chi connectivity index (χ1n) is 8.18. The number of rotatable bonds is 5. The SMILES string of the molecule is COc1ccc(F)cc1C(=O)C1CCCN(Cc2cc(C)[nH]n2)C1. The maximum atomic E-state index is 13.5. The van der Waals surface area contributed by atoms with Crippen molar-refractivity contribution in [2.24, 2.45) is 5.92 Å². The van der Waals surface area contributed by atoms with Crippen molar-refractivity contribution in [1.29, 1.82) is 0 Å². The van der Waals surface area contributed by atoms with E-state index in [-0.39, 0.29) is 11.7 Å². The molecule has 0 spiro atoms. The van der Waals surface area contributed by atoms with Gasteiger partial charge in [0.1, 0.15) is 11.6 Å². The van der Waals surface area contributed by atoms with E-state index in [2.05, 4.69) is 15.1 Å². The second-order valence-electron chi connectivity index (χ2n) is 6.33. The molecule has 1 aromatic carbocycles. The number of ether oxygens (including phenoxy) is 1. The molecule has 1 fully saturated rings. The van der Waals surface area contributed by atoms with Crippen molar-refractivity contribution in [3.05, 3.63) is 47.0 Å². The van der Waals surface area contributed by atoms with E-state index in [1.165, 1.54) is 25.3 Å². The van der Waals surface area contributed by atoms with Gasteiger partial charge in [-0.05, 0) is 50.6 Å². The Labute approximate surface area is 140 Å². The first kappa shape index (κ1) is 16.6. The molecule has 1 aromatic heterocycles. The number of hydrogen-bond acceptors (Lipinski definition) is 4. The molecule has 1 saturated heterocycles. The molecule has 0 amide bonds. The van der Waals surface area contributed by atoms with Crippen LogP contribution in [0.4, 0.5) is 4.39 Å². The zero-order valence-corrected chi connectivity index (χ0v) is 14.0. The van der Waals surface area contributed by atoms with Gasteiger partial charge in [-0.2, -0.15) is 5.10 Å². The van der Waals surface area contributed by atoms with Crippen LogP contribution >= 0.6 is 0 Å². The zero-order valence-electron chi connectivity index (χ0n) is 14.0. The number of halogens is 1. The number of carbonyl (C=O) groups is 1. The van der Waals surface area contributed by atoms with Crippen LogP contribution in [0.25, 0.3) is 0 Å². The van der Waals surface area contributed by atoms with Crippen LogP contribution in [0.15, 0.2) is 24.3 Å². The highest BCUT2D eigenvalue weighted by Crippen LogP contribution is 2.27. The monoisotopic (exact) mass is 331 g/mol. The number of nitrogens with one attached hydrogen (secondary N) is 1. The lowest BCUT2D eigenvalue weighted by Gasteiger charge is -2.31. The fraction of sp³-hybridized carbons (Fsp3) is 0.444. The first-order valence-corrected chi connectivity index (χ1v) is 8.18. The Kier molecular flexibility index (Phi) is 4.94. The highest BCUT2D eigenvalue weighted by molar-refractivity contribution is 6.00. The summed E-state index contributed by atoms with van der Waals surface area (Å²) in [7, 11) is 1.50. The van der Waals surface area contributed by atoms with E-state index in [1.54, 1.807) is 0 Å². The topological polar surface area (TPSA) is 58.2 Å². The van der Waals surface area contributed by atoms with Crippen LogP contribution in [0.2, 0.25) is 0 Å². The van der Waals surface area contributed by atoms with E-state index in [1.807, 2.05) is 13.0 Å². The number of piperidine rings is 1. The van der Waals surface area contributed by atoms with E-state index < -0.39 is 5.82 Å². The molecule has 5 nitrogen and oxygen atoms in total. The first-order chi connectivity index (χ1) is 11.6. The molecule has 1 aliphatic rings. The number of benzene rings is 1. The fourth-order valence-corrected chi connectivity index (χ4v) is 3.29. The number of hydrogen-bond donors (Lipinski definition) is 1. The minimum Gasteiger partial charge on any atom is -0.496 e. The van der Waals surface area contributed by atoms with Gasteiger partial charge in [-0.3, -0.25) is 14.8 Å². The van der Waals surface area contributed by atoms with E-state index >= 15 is 0 Å². The number of aryl methyl sites for hydroxylation is 1. The normalized spacial score (nSPS) is 18.5. The van der Waals surface area contributed by atoms with E-state index in [9.17, 15) is 9.18 Å². The third-order valence-electron chi connectivity index (χ3n) is 4.45. The lowest BCUT2D eigenvalue weighted by atomic mass is 9.89. The molecule has 24 heavy (non-hydrogen) atoms. The quantitative estimate of drug-likeness (QED) is 0.856. The van der Waals surface area contributed by atoms with E-state index in [4.69, 9.17) is 4.74 Å². The Bertz CT molecular complexity index is 729. The van der Waals surface area contributed by atoms with E-state index in [0.29, 0.717) is 24.4 Å². The van der Waals surface area contributed by atoms with Gasteiger partial charge in [-0.1, -0.05) is 0 Å². The van der Waals surface area contributed by atoms with Crippen LogP contribution < -0.4 is 4.74 Å². The van der Waals surface area contributed by atoms with Gasteiger partial charge in [-0.15, -0.1) is 0 Å². The summed E-state index contributed by atoms with van der Waals surface area (Å²) in [4.78, 5) is 15.1. The molecule has 6 heteroatoms. The molecule has 0 radical (unpaired) electrons. The number of aromatic nitrogens is 2.